The molecular formula is C17H24N2O3. The van der Waals surface area contributed by atoms with Gasteiger partial charge in [0.2, 0.25) is 0 Å². The Morgan fingerprint density at radius 1 is 1.36 bits per heavy atom. The normalized spacial score (nSPS) is 21.1. The summed E-state index contributed by atoms with van der Waals surface area (Å²) in [7, 11) is 1.86. The number of aryl methyl sites for hydroxylation is 2. The summed E-state index contributed by atoms with van der Waals surface area (Å²) in [4.78, 5) is 26.9. The summed E-state index contributed by atoms with van der Waals surface area (Å²) < 4.78 is 7.50. The Bertz CT molecular complexity index is 613. The zero-order valence-electron chi connectivity index (χ0n) is 13.4. The predicted octanol–water partition coefficient (Wildman–Crippen LogP) is 1.72. The second-order valence-electron chi connectivity index (χ2n) is 6.59. The summed E-state index contributed by atoms with van der Waals surface area (Å²) in [5, 5.41) is 0. The topological polar surface area (TPSA) is 51.5 Å². The Kier molecular flexibility index (Phi) is 4.34. The summed E-state index contributed by atoms with van der Waals surface area (Å²) in [5.41, 5.74) is 0.940. The second-order valence-corrected chi connectivity index (χ2v) is 6.59. The monoisotopic (exact) mass is 304 g/mol. The fourth-order valence-corrected chi connectivity index (χ4v) is 2.95. The molecule has 3 rings (SSSR count). The zero-order valence-corrected chi connectivity index (χ0v) is 13.4. The number of hydrogen-bond acceptors (Lipinski definition) is 3. The van der Waals surface area contributed by atoms with E-state index in [4.69, 9.17) is 4.74 Å². The predicted molar refractivity (Wildman–Crippen MR) is 84.0 cm³/mol. The smallest absolute Gasteiger partial charge is 0.259 e. The molecule has 1 saturated carbocycles. The van der Waals surface area contributed by atoms with Crippen LogP contribution in [-0.2, 0) is 11.8 Å². The lowest BCUT2D eigenvalue weighted by molar-refractivity contribution is 0.0513. The maximum absolute atomic E-state index is 12.8. The molecule has 1 atom stereocenters. The molecule has 0 spiro atoms. The molecule has 0 radical (unpaired) electrons. The fraction of sp³-hybridized carbons (Fsp3) is 0.647. The molecule has 1 amide bonds. The van der Waals surface area contributed by atoms with Crippen molar-refractivity contribution in [3.8, 4) is 0 Å². The molecule has 1 aliphatic carbocycles. The van der Waals surface area contributed by atoms with Gasteiger partial charge in [0.25, 0.3) is 5.91 Å². The van der Waals surface area contributed by atoms with E-state index in [1.807, 2.05) is 23.4 Å². The lowest BCUT2D eigenvalue weighted by Crippen LogP contribution is -2.40. The Balaban J connectivity index is 1.81. The van der Waals surface area contributed by atoms with Gasteiger partial charge in [0.15, 0.2) is 5.43 Å². The summed E-state index contributed by atoms with van der Waals surface area (Å²) >= 11 is 0. The highest BCUT2D eigenvalue weighted by Crippen LogP contribution is 2.30. The largest absolute Gasteiger partial charge is 0.376 e. The quantitative estimate of drug-likeness (QED) is 0.832. The number of rotatable bonds is 5. The van der Waals surface area contributed by atoms with E-state index >= 15 is 0 Å². The molecule has 1 aromatic rings. The van der Waals surface area contributed by atoms with Crippen LogP contribution < -0.4 is 5.43 Å². The van der Waals surface area contributed by atoms with Crippen molar-refractivity contribution in [3.63, 3.8) is 0 Å². The number of pyridine rings is 1. The van der Waals surface area contributed by atoms with Crippen molar-refractivity contribution < 1.29 is 9.53 Å². The zero-order chi connectivity index (χ0) is 15.7. The van der Waals surface area contributed by atoms with Crippen LogP contribution in [0.1, 0.15) is 41.7 Å². The van der Waals surface area contributed by atoms with E-state index in [-0.39, 0.29) is 23.0 Å². The van der Waals surface area contributed by atoms with E-state index in [1.54, 1.807) is 6.20 Å². The van der Waals surface area contributed by atoms with Gasteiger partial charge in [-0.05, 0) is 38.5 Å². The Morgan fingerprint density at radius 2 is 2.14 bits per heavy atom. The van der Waals surface area contributed by atoms with E-state index in [9.17, 15) is 9.59 Å². The standard InChI is InChI=1S/C17H24N2O3/c1-12-8-16(20)15(11-18(12)2)17(21)19(9-13-5-6-13)10-14-4-3-7-22-14/h8,11,13-14H,3-7,9-10H2,1-2H3/t14-/m1/s1. The first-order valence-corrected chi connectivity index (χ1v) is 8.12. The van der Waals surface area contributed by atoms with Gasteiger partial charge in [-0.2, -0.15) is 0 Å². The molecular weight excluding hydrogens is 280 g/mol. The van der Waals surface area contributed by atoms with Gasteiger partial charge in [0.1, 0.15) is 5.56 Å². The summed E-state index contributed by atoms with van der Waals surface area (Å²) in [6.07, 6.45) is 6.21. The third-order valence-electron chi connectivity index (χ3n) is 4.63. The van der Waals surface area contributed by atoms with Gasteiger partial charge in [-0.3, -0.25) is 9.59 Å². The van der Waals surface area contributed by atoms with E-state index < -0.39 is 0 Å². The maximum atomic E-state index is 12.8. The molecule has 2 fully saturated rings. The minimum atomic E-state index is -0.186. The average Bonchev–Trinajstić information content (AvgIpc) is 3.15. The van der Waals surface area contributed by atoms with Crippen LogP contribution in [0.3, 0.4) is 0 Å². The Labute approximate surface area is 130 Å². The highest BCUT2D eigenvalue weighted by molar-refractivity contribution is 5.94. The average molecular weight is 304 g/mol. The summed E-state index contributed by atoms with van der Waals surface area (Å²) in [6, 6.07) is 1.54. The number of carbonyl (C=O) groups is 1. The maximum Gasteiger partial charge on any atom is 0.259 e. The van der Waals surface area contributed by atoms with Gasteiger partial charge in [-0.15, -0.1) is 0 Å². The summed E-state index contributed by atoms with van der Waals surface area (Å²) in [5.74, 6) is 0.447. The van der Waals surface area contributed by atoms with Crippen LogP contribution in [0.4, 0.5) is 0 Å². The van der Waals surface area contributed by atoms with Crippen LogP contribution in [0.2, 0.25) is 0 Å². The van der Waals surface area contributed by atoms with Crippen LogP contribution in [0.5, 0.6) is 0 Å². The molecule has 2 aliphatic rings. The van der Waals surface area contributed by atoms with E-state index in [2.05, 4.69) is 0 Å². The van der Waals surface area contributed by atoms with Crippen LogP contribution >= 0.6 is 0 Å². The van der Waals surface area contributed by atoms with Crippen molar-refractivity contribution in [1.82, 2.24) is 9.47 Å². The summed E-state index contributed by atoms with van der Waals surface area (Å²) in [6.45, 7) is 3.99. The molecule has 120 valence electrons. The Morgan fingerprint density at radius 3 is 2.77 bits per heavy atom. The van der Waals surface area contributed by atoms with Crippen LogP contribution in [0, 0.1) is 12.8 Å². The number of hydrogen-bond donors (Lipinski definition) is 0. The second kappa shape index (κ2) is 6.24. The number of aromatic nitrogens is 1. The van der Waals surface area contributed by atoms with Gasteiger partial charge in [-0.1, -0.05) is 0 Å². The number of ether oxygens (including phenoxy) is 1. The molecule has 0 unspecified atom stereocenters. The fourth-order valence-electron chi connectivity index (χ4n) is 2.95. The van der Waals surface area contributed by atoms with Gasteiger partial charge >= 0.3 is 0 Å². The molecule has 0 N–H and O–H groups in total. The van der Waals surface area contributed by atoms with Crippen LogP contribution in [0.25, 0.3) is 0 Å². The van der Waals surface area contributed by atoms with Crippen LogP contribution in [-0.4, -0.2) is 41.2 Å². The van der Waals surface area contributed by atoms with Gasteiger partial charge in [0.05, 0.1) is 6.10 Å². The van der Waals surface area contributed by atoms with Crippen LogP contribution in [0.15, 0.2) is 17.1 Å². The van der Waals surface area contributed by atoms with E-state index in [0.717, 1.165) is 31.7 Å². The molecule has 1 aromatic heterocycles. The minimum absolute atomic E-state index is 0.122. The van der Waals surface area contributed by atoms with Crippen molar-refractivity contribution in [1.29, 1.82) is 0 Å². The first kappa shape index (κ1) is 15.3. The van der Waals surface area contributed by atoms with E-state index in [0.29, 0.717) is 12.5 Å². The molecule has 5 nitrogen and oxygen atoms in total. The van der Waals surface area contributed by atoms with Crippen molar-refractivity contribution >= 4 is 5.91 Å². The van der Waals surface area contributed by atoms with Gasteiger partial charge in [0, 0.05) is 44.7 Å². The third-order valence-corrected chi connectivity index (χ3v) is 4.63. The molecule has 22 heavy (non-hydrogen) atoms. The molecule has 2 heterocycles. The first-order valence-electron chi connectivity index (χ1n) is 8.12. The first-order chi connectivity index (χ1) is 10.5. The minimum Gasteiger partial charge on any atom is -0.376 e. The third kappa shape index (κ3) is 3.40. The number of amides is 1. The highest BCUT2D eigenvalue weighted by atomic mass is 16.5. The van der Waals surface area contributed by atoms with Gasteiger partial charge in [-0.25, -0.2) is 0 Å². The van der Waals surface area contributed by atoms with Crippen molar-refractivity contribution in [2.75, 3.05) is 19.7 Å². The lowest BCUT2D eigenvalue weighted by atomic mass is 10.1. The molecule has 1 saturated heterocycles. The van der Waals surface area contributed by atoms with Gasteiger partial charge < -0.3 is 14.2 Å². The molecule has 5 heteroatoms. The van der Waals surface area contributed by atoms with Crippen molar-refractivity contribution in [2.45, 2.75) is 38.7 Å². The molecule has 0 aromatic carbocycles. The lowest BCUT2D eigenvalue weighted by Gasteiger charge is -2.25. The highest BCUT2D eigenvalue weighted by Gasteiger charge is 2.30. The van der Waals surface area contributed by atoms with Crippen molar-refractivity contribution in [2.24, 2.45) is 13.0 Å². The molecule has 0 bridgehead atoms. The van der Waals surface area contributed by atoms with E-state index in [1.165, 1.54) is 18.9 Å². The SMILES string of the molecule is Cc1cc(=O)c(C(=O)N(CC2CC2)C[C@H]2CCCO2)cn1C. The number of nitrogens with zero attached hydrogens (tertiary/aromatic N) is 2. The van der Waals surface area contributed by atoms with Crippen molar-refractivity contribution in [3.05, 3.63) is 33.7 Å². The number of carbonyl (C=O) groups excluding carboxylic acids is 1. The Hall–Kier alpha value is -1.62. The molecule has 1 aliphatic heterocycles.